The van der Waals surface area contributed by atoms with E-state index in [2.05, 4.69) is 19.2 Å². The first-order chi connectivity index (χ1) is 15.4. The summed E-state index contributed by atoms with van der Waals surface area (Å²) in [5.41, 5.74) is 6.69. The third-order valence-electron chi connectivity index (χ3n) is 7.31. The first kappa shape index (κ1) is 20.3. The Morgan fingerprint density at radius 3 is 2.47 bits per heavy atom. The fourth-order valence-electron chi connectivity index (χ4n) is 5.52. The van der Waals surface area contributed by atoms with Crippen LogP contribution in [0.25, 0.3) is 11.3 Å². The number of likely N-dealkylation sites (tertiary alicyclic amines) is 1. The van der Waals surface area contributed by atoms with E-state index in [-0.39, 0.29) is 5.82 Å². The Bertz CT molecular complexity index is 1000. The molecule has 2 aromatic heterocycles. The van der Waals surface area contributed by atoms with E-state index >= 15 is 0 Å². The average molecular weight is 449 g/mol. The van der Waals surface area contributed by atoms with Gasteiger partial charge in [0.15, 0.2) is 11.6 Å². The van der Waals surface area contributed by atoms with E-state index in [0.29, 0.717) is 41.1 Å². The molecule has 2 unspecified atom stereocenters. The Kier molecular flexibility index (Phi) is 4.66. The maximum absolute atomic E-state index is 12.7. The zero-order valence-electron chi connectivity index (χ0n) is 17.6. The number of hydrogen-bond donors (Lipinski definition) is 1. The minimum absolute atomic E-state index is 0.294. The number of alkyl halides is 3. The first-order valence-electron chi connectivity index (χ1n) is 11.3. The number of rotatable bonds is 5. The van der Waals surface area contributed by atoms with Crippen LogP contribution in [0.2, 0.25) is 0 Å². The quantitative estimate of drug-likeness (QED) is 0.752. The molecule has 4 heterocycles. The molecule has 2 saturated heterocycles. The van der Waals surface area contributed by atoms with E-state index < -0.39 is 12.1 Å². The number of aromatic nitrogens is 3. The van der Waals surface area contributed by atoms with E-state index in [1.54, 1.807) is 0 Å². The number of nitrogen functional groups attached to an aromatic ring is 1. The van der Waals surface area contributed by atoms with E-state index in [1.165, 1.54) is 12.3 Å². The van der Waals surface area contributed by atoms with Gasteiger partial charge in [0.1, 0.15) is 5.82 Å². The van der Waals surface area contributed by atoms with Crippen molar-refractivity contribution in [2.45, 2.75) is 50.0 Å². The summed E-state index contributed by atoms with van der Waals surface area (Å²) in [7, 11) is 0. The topological polar surface area (TPSA) is 78.4 Å². The number of nitrogens with zero attached hydrogens (tertiary/aromatic N) is 4. The molecule has 0 spiro atoms. The molecule has 0 aromatic carbocycles. The standard InChI is InChI=1S/C22H26F3N5O2/c23-22(24,25)32-18-7-13(8-27-20(18)26)17-11-30(21(28-17)12-1-2-12)19-15-9-29(10-16(15)19)14-3-5-31-6-4-14/h7-8,11-12,14-16,19H,1-6,9-10H2,(H2,26,27). The second kappa shape index (κ2) is 7.34. The fourth-order valence-corrected chi connectivity index (χ4v) is 5.52. The number of nitrogens with two attached hydrogens (primary N) is 1. The summed E-state index contributed by atoms with van der Waals surface area (Å²) < 4.78 is 50.0. The lowest BCUT2D eigenvalue weighted by Crippen LogP contribution is -2.39. The van der Waals surface area contributed by atoms with Crippen molar-refractivity contribution in [2.24, 2.45) is 11.8 Å². The molecule has 0 amide bonds. The zero-order chi connectivity index (χ0) is 22.0. The third kappa shape index (κ3) is 3.73. The second-order valence-electron chi connectivity index (χ2n) is 9.44. The molecule has 4 aliphatic rings. The lowest BCUT2D eigenvalue weighted by molar-refractivity contribution is -0.274. The molecule has 172 valence electrons. The molecule has 4 fully saturated rings. The minimum Gasteiger partial charge on any atom is -0.402 e. The summed E-state index contributed by atoms with van der Waals surface area (Å²) in [6, 6.07) is 2.33. The predicted octanol–water partition coefficient (Wildman–Crippen LogP) is 3.59. The molecule has 0 radical (unpaired) electrons. The molecule has 2 aromatic rings. The highest BCUT2D eigenvalue weighted by molar-refractivity contribution is 5.64. The molecule has 2 saturated carbocycles. The molecular weight excluding hydrogens is 423 g/mol. The van der Waals surface area contributed by atoms with Gasteiger partial charge in [0.25, 0.3) is 0 Å². The van der Waals surface area contributed by atoms with Crippen LogP contribution in [0.1, 0.15) is 43.5 Å². The van der Waals surface area contributed by atoms with Crippen LogP contribution in [0.5, 0.6) is 5.75 Å². The summed E-state index contributed by atoms with van der Waals surface area (Å²) in [6.07, 6.45) is 3.06. The second-order valence-corrected chi connectivity index (χ2v) is 9.44. The van der Waals surface area contributed by atoms with Crippen LogP contribution >= 0.6 is 0 Å². The maximum Gasteiger partial charge on any atom is 0.573 e. The largest absolute Gasteiger partial charge is 0.573 e. The van der Waals surface area contributed by atoms with Gasteiger partial charge in [-0.15, -0.1) is 13.2 Å². The number of ether oxygens (including phenoxy) is 2. The van der Waals surface area contributed by atoms with Gasteiger partial charge >= 0.3 is 6.36 Å². The minimum atomic E-state index is -4.82. The molecule has 2 N–H and O–H groups in total. The van der Waals surface area contributed by atoms with Gasteiger partial charge in [0.2, 0.25) is 0 Å². The van der Waals surface area contributed by atoms with Gasteiger partial charge in [-0.2, -0.15) is 0 Å². The third-order valence-corrected chi connectivity index (χ3v) is 7.31. The number of halogens is 3. The smallest absolute Gasteiger partial charge is 0.402 e. The number of anilines is 1. The summed E-state index contributed by atoms with van der Waals surface area (Å²) in [5, 5.41) is 0. The Morgan fingerprint density at radius 2 is 1.81 bits per heavy atom. The van der Waals surface area contributed by atoms with E-state index in [4.69, 9.17) is 15.5 Å². The summed E-state index contributed by atoms with van der Waals surface area (Å²) in [6.45, 7) is 3.91. The van der Waals surface area contributed by atoms with Crippen molar-refractivity contribution < 1.29 is 22.6 Å². The van der Waals surface area contributed by atoms with Gasteiger partial charge < -0.3 is 19.8 Å². The Hall–Kier alpha value is -2.33. The van der Waals surface area contributed by atoms with Gasteiger partial charge in [-0.05, 0) is 43.6 Å². The average Bonchev–Trinajstić information content (AvgIpc) is 3.63. The van der Waals surface area contributed by atoms with Crippen LogP contribution in [0.15, 0.2) is 18.5 Å². The van der Waals surface area contributed by atoms with E-state index in [9.17, 15) is 13.2 Å². The van der Waals surface area contributed by atoms with Crippen molar-refractivity contribution in [1.82, 2.24) is 19.4 Å². The van der Waals surface area contributed by atoms with E-state index in [0.717, 1.165) is 57.8 Å². The molecule has 2 aliphatic carbocycles. The maximum atomic E-state index is 12.7. The van der Waals surface area contributed by atoms with Crippen molar-refractivity contribution in [3.05, 3.63) is 24.3 Å². The van der Waals surface area contributed by atoms with Gasteiger partial charge in [0.05, 0.1) is 5.69 Å². The summed E-state index contributed by atoms with van der Waals surface area (Å²) in [4.78, 5) is 11.3. The van der Waals surface area contributed by atoms with Gasteiger partial charge in [-0.1, -0.05) is 0 Å². The SMILES string of the molecule is Nc1ncc(-c2cn(C3C4CN(C5CCOCC5)CC43)c(C3CC3)n2)cc1OC(F)(F)F. The van der Waals surface area contributed by atoms with Gasteiger partial charge in [-0.3, -0.25) is 4.90 Å². The molecule has 0 bridgehead atoms. The van der Waals surface area contributed by atoms with Crippen molar-refractivity contribution >= 4 is 5.82 Å². The normalized spacial score (nSPS) is 28.7. The predicted molar refractivity (Wildman–Crippen MR) is 110 cm³/mol. The van der Waals surface area contributed by atoms with Gasteiger partial charge in [-0.25, -0.2) is 9.97 Å². The highest BCUT2D eigenvalue weighted by atomic mass is 19.4. The molecular formula is C22H26F3N5O2. The first-order valence-corrected chi connectivity index (χ1v) is 11.3. The van der Waals surface area contributed by atoms with Crippen LogP contribution < -0.4 is 10.5 Å². The highest BCUT2D eigenvalue weighted by Gasteiger charge is 2.58. The van der Waals surface area contributed by atoms with Crippen molar-refractivity contribution in [2.75, 3.05) is 32.0 Å². The Balaban J connectivity index is 1.23. The lowest BCUT2D eigenvalue weighted by atomic mass is 10.1. The van der Waals surface area contributed by atoms with Crippen molar-refractivity contribution in [1.29, 1.82) is 0 Å². The summed E-state index contributed by atoms with van der Waals surface area (Å²) >= 11 is 0. The number of fused-ring (bicyclic) bond motifs is 1. The monoisotopic (exact) mass is 449 g/mol. The Labute approximate surface area is 183 Å². The highest BCUT2D eigenvalue weighted by Crippen LogP contribution is 2.58. The fraction of sp³-hybridized carbons (Fsp3) is 0.636. The van der Waals surface area contributed by atoms with Crippen LogP contribution in [0.3, 0.4) is 0 Å². The van der Waals surface area contributed by atoms with Crippen molar-refractivity contribution in [3.63, 3.8) is 0 Å². The molecule has 7 nitrogen and oxygen atoms in total. The lowest BCUT2D eigenvalue weighted by Gasteiger charge is -2.32. The van der Waals surface area contributed by atoms with Crippen molar-refractivity contribution in [3.8, 4) is 17.0 Å². The number of piperidine rings is 1. The molecule has 2 atom stereocenters. The van der Waals surface area contributed by atoms with Crippen LogP contribution in [0.4, 0.5) is 19.0 Å². The number of hydrogen-bond acceptors (Lipinski definition) is 6. The molecule has 32 heavy (non-hydrogen) atoms. The van der Waals surface area contributed by atoms with Crippen LogP contribution in [0, 0.1) is 11.8 Å². The van der Waals surface area contributed by atoms with Crippen LogP contribution in [-0.4, -0.2) is 58.1 Å². The molecule has 10 heteroatoms. The number of imidazole rings is 1. The zero-order valence-corrected chi connectivity index (χ0v) is 17.6. The van der Waals surface area contributed by atoms with Crippen LogP contribution in [-0.2, 0) is 4.74 Å². The van der Waals surface area contributed by atoms with E-state index in [1.807, 2.05) is 6.20 Å². The Morgan fingerprint density at radius 1 is 1.09 bits per heavy atom. The molecule has 6 rings (SSSR count). The number of pyridine rings is 1. The molecule has 2 aliphatic heterocycles. The summed E-state index contributed by atoms with van der Waals surface area (Å²) in [5.74, 6) is 1.93. The van der Waals surface area contributed by atoms with Gasteiger partial charge in [0, 0.05) is 62.3 Å².